The van der Waals surface area contributed by atoms with Crippen LogP contribution in [0.5, 0.6) is 5.88 Å². The Balaban J connectivity index is 2.05. The van der Waals surface area contributed by atoms with Crippen LogP contribution in [0.1, 0.15) is 0 Å². The van der Waals surface area contributed by atoms with Crippen LogP contribution in [0.4, 0.5) is 0 Å². The summed E-state index contributed by atoms with van der Waals surface area (Å²) >= 11 is 0. The number of nitrogens with one attached hydrogen (secondary N) is 2. The molecule has 0 saturated carbocycles. The van der Waals surface area contributed by atoms with Gasteiger partial charge in [-0.15, -0.1) is 0 Å². The van der Waals surface area contributed by atoms with E-state index in [1.54, 1.807) is 0 Å². The van der Waals surface area contributed by atoms with Crippen molar-refractivity contribution in [2.24, 2.45) is 0 Å². The van der Waals surface area contributed by atoms with Gasteiger partial charge in [-0.2, -0.15) is 0 Å². The van der Waals surface area contributed by atoms with E-state index in [1.807, 2.05) is 48.7 Å². The van der Waals surface area contributed by atoms with Crippen molar-refractivity contribution in [2.45, 2.75) is 0 Å². The summed E-state index contributed by atoms with van der Waals surface area (Å²) in [6, 6.07) is 13.7. The van der Waals surface area contributed by atoms with Crippen LogP contribution < -0.4 is 0 Å². The second kappa shape index (κ2) is 3.62. The van der Waals surface area contributed by atoms with E-state index in [0.717, 1.165) is 33.2 Å². The Hall–Kier alpha value is -2.75. The first-order valence-corrected chi connectivity index (χ1v) is 6.07. The van der Waals surface area contributed by atoms with Gasteiger partial charge in [0.2, 0.25) is 0 Å². The number of pyridine rings is 1. The number of fused-ring (bicyclic) bond motifs is 2. The molecule has 0 fully saturated rings. The lowest BCUT2D eigenvalue weighted by molar-refractivity contribution is 0.460. The first kappa shape index (κ1) is 10.2. The highest BCUT2D eigenvalue weighted by Gasteiger charge is 2.14. The third-order valence-electron chi connectivity index (χ3n) is 3.35. The summed E-state index contributed by atoms with van der Waals surface area (Å²) < 4.78 is 0. The predicted octanol–water partition coefficient (Wildman–Crippen LogP) is 3.42. The molecule has 4 rings (SSSR count). The second-order valence-corrected chi connectivity index (χ2v) is 4.51. The van der Waals surface area contributed by atoms with Crippen LogP contribution in [0.3, 0.4) is 0 Å². The maximum Gasteiger partial charge on any atom is 0.199 e. The zero-order valence-corrected chi connectivity index (χ0v) is 10.0. The van der Waals surface area contributed by atoms with Gasteiger partial charge in [-0.25, -0.2) is 4.98 Å². The maximum absolute atomic E-state index is 10.1. The van der Waals surface area contributed by atoms with E-state index in [-0.39, 0.29) is 5.88 Å². The molecule has 4 aromatic rings. The number of aromatic hydroxyl groups is 1. The molecule has 0 radical (unpaired) electrons. The SMILES string of the molecule is Oc1[nH]c2ccccc2c1-c1ccc2cc[nH]c2n1. The number of para-hydroxylation sites is 1. The normalized spacial score (nSPS) is 11.4. The second-order valence-electron chi connectivity index (χ2n) is 4.51. The lowest BCUT2D eigenvalue weighted by Gasteiger charge is -2.00. The first-order valence-electron chi connectivity index (χ1n) is 6.07. The minimum atomic E-state index is 0.152. The van der Waals surface area contributed by atoms with Crippen molar-refractivity contribution in [1.82, 2.24) is 15.0 Å². The summed E-state index contributed by atoms with van der Waals surface area (Å²) in [5.74, 6) is 0.152. The van der Waals surface area contributed by atoms with E-state index < -0.39 is 0 Å². The van der Waals surface area contributed by atoms with Crippen molar-refractivity contribution in [3.8, 4) is 17.1 Å². The highest BCUT2D eigenvalue weighted by atomic mass is 16.3. The molecular formula is C15H11N3O. The topological polar surface area (TPSA) is 64.7 Å². The van der Waals surface area contributed by atoms with Gasteiger partial charge < -0.3 is 15.1 Å². The van der Waals surface area contributed by atoms with E-state index in [1.165, 1.54) is 0 Å². The van der Waals surface area contributed by atoms with Gasteiger partial charge >= 0.3 is 0 Å². The van der Waals surface area contributed by atoms with Crippen molar-refractivity contribution in [2.75, 3.05) is 0 Å². The number of hydrogen-bond donors (Lipinski definition) is 3. The van der Waals surface area contributed by atoms with E-state index in [2.05, 4.69) is 15.0 Å². The summed E-state index contributed by atoms with van der Waals surface area (Å²) in [6.45, 7) is 0. The van der Waals surface area contributed by atoms with Crippen molar-refractivity contribution in [1.29, 1.82) is 0 Å². The van der Waals surface area contributed by atoms with Crippen LogP contribution in [0.25, 0.3) is 33.2 Å². The average Bonchev–Trinajstić information content (AvgIpc) is 3.00. The molecule has 19 heavy (non-hydrogen) atoms. The van der Waals surface area contributed by atoms with E-state index in [9.17, 15) is 5.11 Å². The highest BCUT2D eigenvalue weighted by Crippen LogP contribution is 2.35. The smallest absolute Gasteiger partial charge is 0.199 e. The van der Waals surface area contributed by atoms with Crippen LogP contribution in [0, 0.1) is 0 Å². The Bertz CT molecular complexity index is 889. The van der Waals surface area contributed by atoms with Gasteiger partial charge in [0.15, 0.2) is 5.88 Å². The monoisotopic (exact) mass is 249 g/mol. The standard InChI is InChI=1S/C15H11N3O/c19-15-13(10-3-1-2-4-11(10)18-15)12-6-5-9-7-8-16-14(9)17-12/h1-8,18-19H,(H,16,17). The van der Waals surface area contributed by atoms with Gasteiger partial charge in [0.25, 0.3) is 0 Å². The number of hydrogen-bond acceptors (Lipinski definition) is 2. The maximum atomic E-state index is 10.1. The molecule has 0 saturated heterocycles. The fourth-order valence-electron chi connectivity index (χ4n) is 2.46. The fraction of sp³-hybridized carbons (Fsp3) is 0. The molecule has 3 N–H and O–H groups in total. The van der Waals surface area contributed by atoms with Crippen molar-refractivity contribution >= 4 is 21.9 Å². The highest BCUT2D eigenvalue weighted by molar-refractivity contribution is 5.98. The van der Waals surface area contributed by atoms with Gasteiger partial charge in [-0.3, -0.25) is 0 Å². The molecule has 0 spiro atoms. The molecule has 0 amide bonds. The van der Waals surface area contributed by atoms with Crippen molar-refractivity contribution in [3.05, 3.63) is 48.7 Å². The Morgan fingerprint density at radius 3 is 2.84 bits per heavy atom. The first-order chi connectivity index (χ1) is 9.33. The molecule has 0 bridgehead atoms. The zero-order chi connectivity index (χ0) is 12.8. The average molecular weight is 249 g/mol. The number of benzene rings is 1. The Kier molecular flexibility index (Phi) is 1.94. The van der Waals surface area contributed by atoms with Crippen LogP contribution in [0.2, 0.25) is 0 Å². The van der Waals surface area contributed by atoms with E-state index in [4.69, 9.17) is 0 Å². The summed E-state index contributed by atoms with van der Waals surface area (Å²) in [5.41, 5.74) is 3.22. The molecule has 3 aromatic heterocycles. The quantitative estimate of drug-likeness (QED) is 0.484. The van der Waals surface area contributed by atoms with Gasteiger partial charge in [0, 0.05) is 22.5 Å². The Morgan fingerprint density at radius 1 is 1.00 bits per heavy atom. The van der Waals surface area contributed by atoms with Crippen LogP contribution in [-0.2, 0) is 0 Å². The third kappa shape index (κ3) is 1.43. The van der Waals surface area contributed by atoms with Crippen molar-refractivity contribution < 1.29 is 5.11 Å². The van der Waals surface area contributed by atoms with Crippen LogP contribution in [0.15, 0.2) is 48.7 Å². The molecular weight excluding hydrogens is 238 g/mol. The molecule has 0 aliphatic carbocycles. The van der Waals surface area contributed by atoms with Crippen LogP contribution >= 0.6 is 0 Å². The number of rotatable bonds is 1. The molecule has 0 aliphatic heterocycles. The molecule has 1 aromatic carbocycles. The van der Waals surface area contributed by atoms with Gasteiger partial charge in [0.1, 0.15) is 5.65 Å². The minimum absolute atomic E-state index is 0.152. The third-order valence-corrected chi connectivity index (χ3v) is 3.35. The van der Waals surface area contributed by atoms with Crippen LogP contribution in [-0.4, -0.2) is 20.1 Å². The summed E-state index contributed by atoms with van der Waals surface area (Å²) in [5, 5.41) is 12.1. The molecule has 0 atom stereocenters. The molecule has 3 heterocycles. The number of H-pyrrole nitrogens is 2. The fourth-order valence-corrected chi connectivity index (χ4v) is 2.46. The number of aromatic amines is 2. The molecule has 0 unspecified atom stereocenters. The Morgan fingerprint density at radius 2 is 1.89 bits per heavy atom. The zero-order valence-electron chi connectivity index (χ0n) is 10.0. The molecule has 4 heteroatoms. The lowest BCUT2D eigenvalue weighted by atomic mass is 10.1. The van der Waals surface area contributed by atoms with Gasteiger partial charge in [-0.05, 0) is 24.3 Å². The Labute approximate surface area is 108 Å². The summed E-state index contributed by atoms with van der Waals surface area (Å²) in [7, 11) is 0. The minimum Gasteiger partial charge on any atom is -0.494 e. The number of nitrogens with zero attached hydrogens (tertiary/aromatic N) is 1. The summed E-state index contributed by atoms with van der Waals surface area (Å²) in [6.07, 6.45) is 1.86. The van der Waals surface area contributed by atoms with E-state index >= 15 is 0 Å². The van der Waals surface area contributed by atoms with Gasteiger partial charge in [0.05, 0.1) is 11.3 Å². The lowest BCUT2D eigenvalue weighted by Crippen LogP contribution is -1.83. The largest absolute Gasteiger partial charge is 0.494 e. The van der Waals surface area contributed by atoms with Crippen molar-refractivity contribution in [3.63, 3.8) is 0 Å². The molecule has 0 aliphatic rings. The molecule has 92 valence electrons. The molecule has 4 nitrogen and oxygen atoms in total. The predicted molar refractivity (Wildman–Crippen MR) is 75.1 cm³/mol. The van der Waals surface area contributed by atoms with Gasteiger partial charge in [-0.1, -0.05) is 18.2 Å². The van der Waals surface area contributed by atoms with E-state index in [0.29, 0.717) is 0 Å². The summed E-state index contributed by atoms with van der Waals surface area (Å²) in [4.78, 5) is 10.6. The number of aromatic nitrogens is 3.